The highest BCUT2D eigenvalue weighted by atomic mass is 16.5. The van der Waals surface area contributed by atoms with Gasteiger partial charge in [0, 0.05) is 19.1 Å². The number of ether oxygens (including phenoxy) is 2. The number of hydrogen-bond acceptors (Lipinski definition) is 2. The van der Waals surface area contributed by atoms with Crippen molar-refractivity contribution in [3.05, 3.63) is 0 Å². The summed E-state index contributed by atoms with van der Waals surface area (Å²) in [6.07, 6.45) is 5.39. The van der Waals surface area contributed by atoms with Crippen LogP contribution in [0.25, 0.3) is 0 Å². The Morgan fingerprint density at radius 2 is 2.23 bits per heavy atom. The van der Waals surface area contributed by atoms with Gasteiger partial charge in [0.2, 0.25) is 0 Å². The topological polar surface area (TPSA) is 18.5 Å². The Hall–Kier alpha value is -0.0800. The molecule has 0 saturated carbocycles. The van der Waals surface area contributed by atoms with E-state index >= 15 is 0 Å². The van der Waals surface area contributed by atoms with E-state index in [9.17, 15) is 0 Å². The lowest BCUT2D eigenvalue weighted by atomic mass is 9.93. The average Bonchev–Trinajstić information content (AvgIpc) is 2.17. The highest BCUT2D eigenvalue weighted by molar-refractivity contribution is 4.74. The van der Waals surface area contributed by atoms with Crippen molar-refractivity contribution in [2.24, 2.45) is 5.92 Å². The van der Waals surface area contributed by atoms with Crippen molar-refractivity contribution in [2.75, 3.05) is 19.8 Å². The van der Waals surface area contributed by atoms with Gasteiger partial charge in [-0.1, -0.05) is 19.8 Å². The maximum absolute atomic E-state index is 5.71. The first-order valence-electron chi connectivity index (χ1n) is 5.57. The molecule has 1 saturated heterocycles. The molecule has 1 fully saturated rings. The summed E-state index contributed by atoms with van der Waals surface area (Å²) in [4.78, 5) is 0. The molecule has 0 spiro atoms. The van der Waals surface area contributed by atoms with Crippen molar-refractivity contribution in [3.63, 3.8) is 0 Å². The fourth-order valence-electron chi connectivity index (χ4n) is 1.95. The molecule has 0 radical (unpaired) electrons. The van der Waals surface area contributed by atoms with Gasteiger partial charge >= 0.3 is 0 Å². The summed E-state index contributed by atoms with van der Waals surface area (Å²) in [6, 6.07) is 0. The standard InChI is InChI=1S/C11H22O2/c1-3-5-6-10-9-12-8-7-11(10)13-4-2/h10-11H,3-9H2,1-2H3. The lowest BCUT2D eigenvalue weighted by Crippen LogP contribution is -2.34. The van der Waals surface area contributed by atoms with E-state index < -0.39 is 0 Å². The summed E-state index contributed by atoms with van der Waals surface area (Å²) in [6.45, 7) is 6.94. The van der Waals surface area contributed by atoms with E-state index in [1.165, 1.54) is 19.3 Å². The molecule has 0 aromatic heterocycles. The Balaban J connectivity index is 2.28. The SMILES string of the molecule is CCCCC1COCCC1OCC. The number of hydrogen-bond donors (Lipinski definition) is 0. The highest BCUT2D eigenvalue weighted by Crippen LogP contribution is 2.23. The van der Waals surface area contributed by atoms with Crippen LogP contribution in [-0.4, -0.2) is 25.9 Å². The zero-order chi connectivity index (χ0) is 9.52. The molecule has 1 rings (SSSR count). The third-order valence-corrected chi connectivity index (χ3v) is 2.71. The second kappa shape index (κ2) is 6.39. The van der Waals surface area contributed by atoms with Crippen LogP contribution in [0.15, 0.2) is 0 Å². The zero-order valence-corrected chi connectivity index (χ0v) is 8.92. The molecule has 1 aliphatic rings. The van der Waals surface area contributed by atoms with Gasteiger partial charge in [-0.2, -0.15) is 0 Å². The van der Waals surface area contributed by atoms with Crippen molar-refractivity contribution in [3.8, 4) is 0 Å². The van der Waals surface area contributed by atoms with Gasteiger partial charge in [-0.15, -0.1) is 0 Å². The molecule has 0 aromatic rings. The quantitative estimate of drug-likeness (QED) is 0.657. The third-order valence-electron chi connectivity index (χ3n) is 2.71. The second-order valence-corrected chi connectivity index (χ2v) is 3.76. The fraction of sp³-hybridized carbons (Fsp3) is 1.00. The van der Waals surface area contributed by atoms with E-state index in [4.69, 9.17) is 9.47 Å². The van der Waals surface area contributed by atoms with E-state index in [0.29, 0.717) is 12.0 Å². The molecule has 1 aliphatic heterocycles. The van der Waals surface area contributed by atoms with Crippen LogP contribution in [0.5, 0.6) is 0 Å². The Morgan fingerprint density at radius 3 is 2.92 bits per heavy atom. The fourth-order valence-corrected chi connectivity index (χ4v) is 1.95. The smallest absolute Gasteiger partial charge is 0.0647 e. The minimum atomic E-state index is 0.463. The maximum Gasteiger partial charge on any atom is 0.0647 e. The second-order valence-electron chi connectivity index (χ2n) is 3.76. The van der Waals surface area contributed by atoms with E-state index in [1.54, 1.807) is 0 Å². The van der Waals surface area contributed by atoms with Crippen LogP contribution in [0.4, 0.5) is 0 Å². The van der Waals surface area contributed by atoms with Gasteiger partial charge in [0.15, 0.2) is 0 Å². The molecule has 0 aromatic carbocycles. The van der Waals surface area contributed by atoms with Crippen LogP contribution in [0.3, 0.4) is 0 Å². The number of rotatable bonds is 5. The van der Waals surface area contributed by atoms with Crippen LogP contribution >= 0.6 is 0 Å². The largest absolute Gasteiger partial charge is 0.381 e. The van der Waals surface area contributed by atoms with Gasteiger partial charge in [0.25, 0.3) is 0 Å². The minimum Gasteiger partial charge on any atom is -0.381 e. The summed E-state index contributed by atoms with van der Waals surface area (Å²) >= 11 is 0. The van der Waals surface area contributed by atoms with Gasteiger partial charge in [0.05, 0.1) is 12.7 Å². The lowest BCUT2D eigenvalue weighted by Gasteiger charge is -2.31. The first-order chi connectivity index (χ1) is 6.38. The molecule has 1 heterocycles. The van der Waals surface area contributed by atoms with E-state index in [-0.39, 0.29) is 0 Å². The summed E-state index contributed by atoms with van der Waals surface area (Å²) in [5.41, 5.74) is 0. The van der Waals surface area contributed by atoms with Crippen molar-refractivity contribution < 1.29 is 9.47 Å². The normalized spacial score (nSPS) is 29.1. The minimum absolute atomic E-state index is 0.463. The molecule has 2 heteroatoms. The van der Waals surface area contributed by atoms with Crippen LogP contribution in [0.1, 0.15) is 39.5 Å². The highest BCUT2D eigenvalue weighted by Gasteiger charge is 2.25. The van der Waals surface area contributed by atoms with Crippen LogP contribution < -0.4 is 0 Å². The van der Waals surface area contributed by atoms with Crippen molar-refractivity contribution in [2.45, 2.75) is 45.6 Å². The third kappa shape index (κ3) is 3.65. The van der Waals surface area contributed by atoms with Gasteiger partial charge in [-0.25, -0.2) is 0 Å². The van der Waals surface area contributed by atoms with Gasteiger partial charge < -0.3 is 9.47 Å². The monoisotopic (exact) mass is 186 g/mol. The first-order valence-corrected chi connectivity index (χ1v) is 5.57. The van der Waals surface area contributed by atoms with Gasteiger partial charge in [0.1, 0.15) is 0 Å². The Kier molecular flexibility index (Phi) is 5.40. The van der Waals surface area contributed by atoms with E-state index in [1.807, 2.05) is 0 Å². The lowest BCUT2D eigenvalue weighted by molar-refractivity contribution is -0.0732. The Labute approximate surface area is 81.6 Å². The molecular weight excluding hydrogens is 164 g/mol. The van der Waals surface area contributed by atoms with Crippen molar-refractivity contribution in [1.29, 1.82) is 0 Å². The molecule has 2 nitrogen and oxygen atoms in total. The van der Waals surface area contributed by atoms with Crippen molar-refractivity contribution in [1.82, 2.24) is 0 Å². The predicted octanol–water partition coefficient (Wildman–Crippen LogP) is 2.62. The average molecular weight is 186 g/mol. The molecule has 2 unspecified atom stereocenters. The predicted molar refractivity (Wildman–Crippen MR) is 53.9 cm³/mol. The molecule has 2 atom stereocenters. The van der Waals surface area contributed by atoms with E-state index in [0.717, 1.165) is 26.2 Å². The molecule has 0 bridgehead atoms. The van der Waals surface area contributed by atoms with Crippen molar-refractivity contribution >= 4 is 0 Å². The Bertz CT molecular complexity index is 123. The molecular formula is C11H22O2. The first kappa shape index (κ1) is 11.0. The maximum atomic E-state index is 5.71. The molecule has 13 heavy (non-hydrogen) atoms. The molecule has 0 N–H and O–H groups in total. The van der Waals surface area contributed by atoms with Crippen LogP contribution in [0, 0.1) is 5.92 Å². The zero-order valence-electron chi connectivity index (χ0n) is 8.92. The summed E-state index contributed by atoms with van der Waals surface area (Å²) in [7, 11) is 0. The molecule has 0 amide bonds. The van der Waals surface area contributed by atoms with Gasteiger partial charge in [-0.3, -0.25) is 0 Å². The summed E-state index contributed by atoms with van der Waals surface area (Å²) < 4.78 is 11.2. The summed E-state index contributed by atoms with van der Waals surface area (Å²) in [5, 5.41) is 0. The van der Waals surface area contributed by atoms with Crippen LogP contribution in [-0.2, 0) is 9.47 Å². The molecule has 0 aliphatic carbocycles. The Morgan fingerprint density at radius 1 is 1.38 bits per heavy atom. The number of unbranched alkanes of at least 4 members (excludes halogenated alkanes) is 1. The van der Waals surface area contributed by atoms with Gasteiger partial charge in [-0.05, 0) is 19.8 Å². The van der Waals surface area contributed by atoms with Crippen LogP contribution in [0.2, 0.25) is 0 Å². The molecule has 78 valence electrons. The van der Waals surface area contributed by atoms with E-state index in [2.05, 4.69) is 13.8 Å². The summed E-state index contributed by atoms with van der Waals surface area (Å²) in [5.74, 6) is 0.647.